The van der Waals surface area contributed by atoms with Gasteiger partial charge in [-0.3, -0.25) is 18.7 Å². The van der Waals surface area contributed by atoms with Crippen LogP contribution in [0, 0.1) is 6.92 Å². The van der Waals surface area contributed by atoms with Crippen LogP contribution in [0.1, 0.15) is 19.4 Å². The van der Waals surface area contributed by atoms with Crippen molar-refractivity contribution in [1.82, 2.24) is 14.1 Å². The van der Waals surface area contributed by atoms with E-state index in [2.05, 4.69) is 16.9 Å². The van der Waals surface area contributed by atoms with Crippen molar-refractivity contribution >= 4 is 50.0 Å². The van der Waals surface area contributed by atoms with Crippen LogP contribution >= 0.6 is 22.9 Å². The highest BCUT2D eigenvalue weighted by Gasteiger charge is 2.21. The molecule has 0 unspecified atom stereocenters. The van der Waals surface area contributed by atoms with Crippen LogP contribution in [0.3, 0.4) is 0 Å². The fourth-order valence-corrected chi connectivity index (χ4v) is 4.47. The van der Waals surface area contributed by atoms with Gasteiger partial charge in [-0.05, 0) is 38.5 Å². The SMILES string of the molecule is C=CCn1c(=O)c2sc(N(CC)CC)nc2n(CC(=O)Nc2ccc(C)c(Cl)c2)c1=O. The smallest absolute Gasteiger partial charge is 0.333 e. The number of nitrogens with one attached hydrogen (secondary N) is 1. The zero-order valence-electron chi connectivity index (χ0n) is 17.6. The van der Waals surface area contributed by atoms with E-state index in [1.807, 2.05) is 25.7 Å². The first-order valence-corrected chi connectivity index (χ1v) is 11.1. The number of hydrogen-bond donors (Lipinski definition) is 1. The molecule has 2 heterocycles. The lowest BCUT2D eigenvalue weighted by Crippen LogP contribution is -2.41. The number of halogens is 1. The number of carbonyl (C=O) groups is 1. The van der Waals surface area contributed by atoms with Crippen molar-refractivity contribution in [2.24, 2.45) is 0 Å². The van der Waals surface area contributed by atoms with Crippen LogP contribution in [-0.4, -0.2) is 33.1 Å². The second kappa shape index (κ2) is 9.49. The first-order chi connectivity index (χ1) is 14.8. The second-order valence-corrected chi connectivity index (χ2v) is 8.29. The number of fused-ring (bicyclic) bond motifs is 1. The summed E-state index contributed by atoms with van der Waals surface area (Å²) in [6.45, 7) is 10.6. The number of benzene rings is 1. The Bertz CT molecular complexity index is 1260. The molecule has 0 saturated heterocycles. The summed E-state index contributed by atoms with van der Waals surface area (Å²) in [4.78, 5) is 45.2. The van der Waals surface area contributed by atoms with Crippen molar-refractivity contribution in [2.45, 2.75) is 33.9 Å². The van der Waals surface area contributed by atoms with E-state index in [1.54, 1.807) is 18.2 Å². The molecule has 3 rings (SSSR count). The summed E-state index contributed by atoms with van der Waals surface area (Å²) in [6.07, 6.45) is 1.47. The molecule has 0 aliphatic rings. The Kier molecular flexibility index (Phi) is 6.97. The first-order valence-electron chi connectivity index (χ1n) is 9.86. The summed E-state index contributed by atoms with van der Waals surface area (Å²) in [5.74, 6) is -0.426. The maximum Gasteiger partial charge on any atom is 0.333 e. The zero-order valence-corrected chi connectivity index (χ0v) is 19.2. The lowest BCUT2D eigenvalue weighted by Gasteiger charge is -2.16. The standard InChI is InChI=1S/C21H24ClN5O3S/c1-5-10-26-19(29)17-18(24-20(31-17)25(6-2)7-3)27(21(26)30)12-16(28)23-14-9-8-13(4)15(22)11-14/h5,8-9,11H,1,6-7,10,12H2,2-4H3,(H,23,28). The topological polar surface area (TPSA) is 89.2 Å². The van der Waals surface area contributed by atoms with Crippen LogP contribution in [0.25, 0.3) is 10.3 Å². The molecule has 1 aromatic carbocycles. The molecule has 0 atom stereocenters. The number of carbonyl (C=O) groups excluding carboxylic acids is 1. The summed E-state index contributed by atoms with van der Waals surface area (Å²) in [5.41, 5.74) is 0.579. The number of nitrogens with zero attached hydrogens (tertiary/aromatic N) is 4. The molecule has 1 N–H and O–H groups in total. The van der Waals surface area contributed by atoms with Crippen molar-refractivity contribution in [1.29, 1.82) is 0 Å². The maximum atomic E-state index is 13.0. The number of rotatable bonds is 8. The molecule has 0 aliphatic heterocycles. The van der Waals surface area contributed by atoms with Gasteiger partial charge in [0, 0.05) is 30.3 Å². The highest BCUT2D eigenvalue weighted by atomic mass is 35.5. The van der Waals surface area contributed by atoms with E-state index < -0.39 is 17.2 Å². The summed E-state index contributed by atoms with van der Waals surface area (Å²) in [6, 6.07) is 5.17. The van der Waals surface area contributed by atoms with E-state index in [-0.39, 0.29) is 18.7 Å². The third-order valence-electron chi connectivity index (χ3n) is 4.86. The first kappa shape index (κ1) is 22.8. The van der Waals surface area contributed by atoms with Gasteiger partial charge in [-0.25, -0.2) is 9.78 Å². The van der Waals surface area contributed by atoms with Crippen molar-refractivity contribution in [3.05, 3.63) is 62.3 Å². The molecule has 164 valence electrons. The Morgan fingerprint density at radius 2 is 2.00 bits per heavy atom. The van der Waals surface area contributed by atoms with Gasteiger partial charge in [-0.15, -0.1) is 6.58 Å². The Morgan fingerprint density at radius 1 is 1.29 bits per heavy atom. The predicted molar refractivity (Wildman–Crippen MR) is 127 cm³/mol. The Balaban J connectivity index is 2.07. The van der Waals surface area contributed by atoms with Crippen LogP contribution in [0.2, 0.25) is 5.02 Å². The fraction of sp³-hybridized carbons (Fsp3) is 0.333. The lowest BCUT2D eigenvalue weighted by molar-refractivity contribution is -0.116. The summed E-state index contributed by atoms with van der Waals surface area (Å²) in [5, 5.41) is 3.90. The minimum atomic E-state index is -0.606. The molecule has 0 radical (unpaired) electrons. The molecule has 2 aromatic heterocycles. The Labute approximate surface area is 188 Å². The number of allylic oxidation sites excluding steroid dienone is 1. The van der Waals surface area contributed by atoms with Crippen molar-refractivity contribution in [3.63, 3.8) is 0 Å². The molecule has 3 aromatic rings. The van der Waals surface area contributed by atoms with E-state index in [0.29, 0.717) is 33.6 Å². The monoisotopic (exact) mass is 461 g/mol. The Hall–Kier alpha value is -2.91. The molecule has 1 amide bonds. The molecule has 0 fully saturated rings. The highest BCUT2D eigenvalue weighted by molar-refractivity contribution is 7.22. The number of hydrogen-bond acceptors (Lipinski definition) is 6. The predicted octanol–water partition coefficient (Wildman–Crippen LogP) is 3.25. The fourth-order valence-electron chi connectivity index (χ4n) is 3.15. The van der Waals surface area contributed by atoms with Gasteiger partial charge in [0.25, 0.3) is 5.56 Å². The van der Waals surface area contributed by atoms with Gasteiger partial charge in [0.05, 0.1) is 0 Å². The number of thiazole rings is 1. The third-order valence-corrected chi connectivity index (χ3v) is 6.36. The average Bonchev–Trinajstić information content (AvgIpc) is 3.17. The molecule has 0 saturated carbocycles. The van der Waals surface area contributed by atoms with Crippen LogP contribution in [-0.2, 0) is 17.9 Å². The quantitative estimate of drug-likeness (QED) is 0.520. The van der Waals surface area contributed by atoms with Crippen LogP contribution in [0.5, 0.6) is 0 Å². The summed E-state index contributed by atoms with van der Waals surface area (Å²) in [7, 11) is 0. The van der Waals surface area contributed by atoms with Crippen LogP contribution in [0.4, 0.5) is 10.8 Å². The molecular weight excluding hydrogens is 438 g/mol. The molecule has 0 aliphatic carbocycles. The number of aromatic nitrogens is 3. The minimum absolute atomic E-state index is 0.0430. The van der Waals surface area contributed by atoms with E-state index >= 15 is 0 Å². The van der Waals surface area contributed by atoms with Crippen LogP contribution in [0.15, 0.2) is 40.4 Å². The number of amides is 1. The van der Waals surface area contributed by atoms with Gasteiger partial charge in [-0.2, -0.15) is 0 Å². The van der Waals surface area contributed by atoms with E-state index in [0.717, 1.165) is 10.1 Å². The highest BCUT2D eigenvalue weighted by Crippen LogP contribution is 2.26. The zero-order chi connectivity index (χ0) is 22.7. The van der Waals surface area contributed by atoms with Crippen LogP contribution < -0.4 is 21.5 Å². The van der Waals surface area contributed by atoms with Gasteiger partial charge >= 0.3 is 5.69 Å². The van der Waals surface area contributed by atoms with Gasteiger partial charge in [0.15, 0.2) is 10.8 Å². The molecule has 0 spiro atoms. The third kappa shape index (κ3) is 4.57. The van der Waals surface area contributed by atoms with Gasteiger partial charge in [0.2, 0.25) is 5.91 Å². The number of anilines is 2. The average molecular weight is 462 g/mol. The molecule has 31 heavy (non-hydrogen) atoms. The minimum Gasteiger partial charge on any atom is -0.349 e. The maximum absolute atomic E-state index is 13.0. The molecule has 10 heteroatoms. The molecule has 8 nitrogen and oxygen atoms in total. The summed E-state index contributed by atoms with van der Waals surface area (Å²) >= 11 is 7.34. The normalized spacial score (nSPS) is 11.0. The van der Waals surface area contributed by atoms with E-state index in [9.17, 15) is 14.4 Å². The van der Waals surface area contributed by atoms with Gasteiger partial charge in [0.1, 0.15) is 11.2 Å². The van der Waals surface area contributed by atoms with Gasteiger partial charge in [-0.1, -0.05) is 35.1 Å². The van der Waals surface area contributed by atoms with Crippen molar-refractivity contribution in [2.75, 3.05) is 23.3 Å². The lowest BCUT2D eigenvalue weighted by atomic mass is 10.2. The van der Waals surface area contributed by atoms with Gasteiger partial charge < -0.3 is 10.2 Å². The van der Waals surface area contributed by atoms with Crippen molar-refractivity contribution in [3.8, 4) is 0 Å². The summed E-state index contributed by atoms with van der Waals surface area (Å²) < 4.78 is 2.62. The largest absolute Gasteiger partial charge is 0.349 e. The molecule has 0 bridgehead atoms. The van der Waals surface area contributed by atoms with Crippen molar-refractivity contribution < 1.29 is 4.79 Å². The second-order valence-electron chi connectivity index (χ2n) is 6.91. The Morgan fingerprint density at radius 3 is 2.61 bits per heavy atom. The van der Waals surface area contributed by atoms with E-state index in [4.69, 9.17) is 11.6 Å². The number of aryl methyl sites for hydroxylation is 1. The molecular formula is C21H24ClN5O3S. The van der Waals surface area contributed by atoms with E-state index in [1.165, 1.54) is 22.0 Å².